The first-order valence-electron chi connectivity index (χ1n) is 6.22. The molecule has 0 aliphatic heterocycles. The van der Waals surface area contributed by atoms with Crippen LogP contribution in [-0.4, -0.2) is 43.3 Å². The van der Waals surface area contributed by atoms with Crippen molar-refractivity contribution in [3.8, 4) is 5.75 Å². The summed E-state index contributed by atoms with van der Waals surface area (Å²) in [6.07, 6.45) is -0.231. The van der Waals surface area contributed by atoms with E-state index in [2.05, 4.69) is 0 Å². The molecule has 6 heteroatoms. The van der Waals surface area contributed by atoms with Gasteiger partial charge < -0.3 is 19.5 Å². The number of nitrogens with zero attached hydrogens (tertiary/aromatic N) is 1. The lowest BCUT2D eigenvalue weighted by Gasteiger charge is -2.22. The third kappa shape index (κ3) is 5.17. The second kappa shape index (κ2) is 7.37. The van der Waals surface area contributed by atoms with Crippen LogP contribution in [0, 0.1) is 0 Å². The average Bonchev–Trinajstić information content (AvgIpc) is 2.36. The number of hydrogen-bond donors (Lipinski definition) is 1. The van der Waals surface area contributed by atoms with E-state index < -0.39 is 11.9 Å². The molecule has 1 aromatic carbocycles. The first-order valence-corrected chi connectivity index (χ1v) is 6.22. The highest BCUT2D eigenvalue weighted by Gasteiger charge is 2.16. The Labute approximate surface area is 117 Å². The first-order chi connectivity index (χ1) is 9.42. The van der Waals surface area contributed by atoms with Crippen molar-refractivity contribution in [3.05, 3.63) is 24.3 Å². The molecule has 0 saturated heterocycles. The Morgan fingerprint density at radius 2 is 1.80 bits per heavy atom. The Balaban J connectivity index is 2.81. The third-order valence-corrected chi connectivity index (χ3v) is 2.45. The van der Waals surface area contributed by atoms with E-state index in [1.165, 1.54) is 4.90 Å². The first kappa shape index (κ1) is 15.8. The molecule has 0 aromatic heterocycles. The van der Waals surface area contributed by atoms with E-state index in [-0.39, 0.29) is 19.2 Å². The highest BCUT2D eigenvalue weighted by atomic mass is 16.5. The number of carbonyl (C=O) groups excluding carboxylic acids is 1. The average molecular weight is 281 g/mol. The molecule has 0 saturated carbocycles. The minimum atomic E-state index is -1.02. The number of carbonyl (C=O) groups is 2. The predicted molar refractivity (Wildman–Crippen MR) is 74.1 cm³/mol. The molecule has 0 heterocycles. The van der Waals surface area contributed by atoms with Crippen molar-refractivity contribution in [2.75, 3.05) is 25.1 Å². The van der Waals surface area contributed by atoms with Crippen LogP contribution in [0.1, 0.15) is 13.8 Å². The van der Waals surface area contributed by atoms with Crippen LogP contribution in [0.4, 0.5) is 5.69 Å². The topological polar surface area (TPSA) is 76.1 Å². The number of hydrogen-bond acceptors (Lipinski definition) is 5. The summed E-state index contributed by atoms with van der Waals surface area (Å²) in [5, 5.41) is 8.92. The van der Waals surface area contributed by atoms with E-state index in [0.29, 0.717) is 11.4 Å². The van der Waals surface area contributed by atoms with Gasteiger partial charge in [-0.3, -0.25) is 9.59 Å². The summed E-state index contributed by atoms with van der Waals surface area (Å²) in [5.74, 6) is -0.816. The number of carboxylic acid groups (broad SMARTS) is 1. The van der Waals surface area contributed by atoms with Crippen LogP contribution in [0.3, 0.4) is 0 Å². The highest BCUT2D eigenvalue weighted by Crippen LogP contribution is 2.19. The zero-order valence-corrected chi connectivity index (χ0v) is 11.8. The summed E-state index contributed by atoms with van der Waals surface area (Å²) < 4.78 is 10.1. The molecule has 1 aromatic rings. The van der Waals surface area contributed by atoms with E-state index in [4.69, 9.17) is 14.6 Å². The van der Waals surface area contributed by atoms with Crippen LogP contribution in [0.25, 0.3) is 0 Å². The summed E-state index contributed by atoms with van der Waals surface area (Å²) in [7, 11) is 1.55. The maximum absolute atomic E-state index is 11.7. The van der Waals surface area contributed by atoms with Crippen molar-refractivity contribution in [2.45, 2.75) is 20.0 Å². The van der Waals surface area contributed by atoms with Gasteiger partial charge in [0.25, 0.3) is 0 Å². The second-order valence-electron chi connectivity index (χ2n) is 4.49. The quantitative estimate of drug-likeness (QED) is 0.764. The summed E-state index contributed by atoms with van der Waals surface area (Å²) in [6.45, 7) is 3.09. The summed E-state index contributed by atoms with van der Waals surface area (Å²) in [5.41, 5.74) is 0.619. The molecule has 0 fully saturated rings. The Kier molecular flexibility index (Phi) is 5.83. The van der Waals surface area contributed by atoms with Gasteiger partial charge in [-0.05, 0) is 38.1 Å². The van der Waals surface area contributed by atoms with Gasteiger partial charge in [0.1, 0.15) is 18.8 Å². The number of carboxylic acids is 1. The number of ether oxygens (including phenoxy) is 2. The lowest BCUT2D eigenvalue weighted by atomic mass is 10.2. The smallest absolute Gasteiger partial charge is 0.325 e. The Morgan fingerprint density at radius 1 is 1.20 bits per heavy atom. The van der Waals surface area contributed by atoms with E-state index in [0.717, 1.165) is 0 Å². The third-order valence-electron chi connectivity index (χ3n) is 2.45. The molecule has 0 spiro atoms. The van der Waals surface area contributed by atoms with Crippen molar-refractivity contribution < 1.29 is 24.2 Å². The van der Waals surface area contributed by atoms with E-state index >= 15 is 0 Å². The van der Waals surface area contributed by atoms with Gasteiger partial charge in [-0.1, -0.05) is 0 Å². The van der Waals surface area contributed by atoms with Gasteiger partial charge in [0.15, 0.2) is 0 Å². The van der Waals surface area contributed by atoms with Crippen LogP contribution >= 0.6 is 0 Å². The Hall–Kier alpha value is -2.24. The fourth-order valence-electron chi connectivity index (χ4n) is 1.65. The maximum atomic E-state index is 11.7. The molecule has 6 nitrogen and oxygen atoms in total. The summed E-state index contributed by atoms with van der Waals surface area (Å²) in [4.78, 5) is 24.0. The summed E-state index contributed by atoms with van der Waals surface area (Å²) in [6, 6.07) is 6.81. The molecule has 0 unspecified atom stereocenters. The zero-order chi connectivity index (χ0) is 15.1. The summed E-state index contributed by atoms with van der Waals surface area (Å²) >= 11 is 0. The molecule has 0 atom stereocenters. The number of aliphatic carboxylic acids is 1. The molecule has 110 valence electrons. The van der Waals surface area contributed by atoms with E-state index in [9.17, 15) is 9.59 Å². The number of methoxy groups -OCH3 is 1. The number of anilines is 1. The fourth-order valence-corrected chi connectivity index (χ4v) is 1.65. The van der Waals surface area contributed by atoms with Crippen molar-refractivity contribution in [1.82, 2.24) is 0 Å². The fraction of sp³-hybridized carbons (Fsp3) is 0.429. The molecule has 0 amide bonds. The largest absolute Gasteiger partial charge is 0.497 e. The van der Waals surface area contributed by atoms with Crippen LogP contribution in [0.2, 0.25) is 0 Å². The molecular formula is C14H19NO5. The minimum absolute atomic E-state index is 0.114. The van der Waals surface area contributed by atoms with Crippen molar-refractivity contribution in [3.63, 3.8) is 0 Å². The van der Waals surface area contributed by atoms with Gasteiger partial charge in [0, 0.05) is 5.69 Å². The molecule has 0 aliphatic carbocycles. The lowest BCUT2D eigenvalue weighted by molar-refractivity contribution is -0.145. The van der Waals surface area contributed by atoms with Crippen LogP contribution in [0.5, 0.6) is 5.75 Å². The van der Waals surface area contributed by atoms with E-state index in [1.54, 1.807) is 45.2 Å². The lowest BCUT2D eigenvalue weighted by Crippen LogP contribution is -2.36. The van der Waals surface area contributed by atoms with Gasteiger partial charge in [-0.25, -0.2) is 0 Å². The van der Waals surface area contributed by atoms with Gasteiger partial charge >= 0.3 is 11.9 Å². The maximum Gasteiger partial charge on any atom is 0.325 e. The van der Waals surface area contributed by atoms with Crippen molar-refractivity contribution in [1.29, 1.82) is 0 Å². The number of benzene rings is 1. The number of esters is 1. The molecular weight excluding hydrogens is 262 g/mol. The predicted octanol–water partition coefficient (Wildman–Crippen LogP) is 1.54. The standard InChI is InChI=1S/C14H19NO5/c1-10(2)20-14(18)9-15(8-13(16)17)11-4-6-12(19-3)7-5-11/h4-7,10H,8-9H2,1-3H3,(H,16,17). The molecule has 0 radical (unpaired) electrons. The second-order valence-corrected chi connectivity index (χ2v) is 4.49. The van der Waals surface area contributed by atoms with Gasteiger partial charge in [0.05, 0.1) is 13.2 Å². The molecule has 1 N–H and O–H groups in total. The number of rotatable bonds is 7. The Bertz CT molecular complexity index is 455. The van der Waals surface area contributed by atoms with Gasteiger partial charge in [-0.2, -0.15) is 0 Å². The molecule has 0 bridgehead atoms. The zero-order valence-electron chi connectivity index (χ0n) is 11.8. The van der Waals surface area contributed by atoms with Gasteiger partial charge in [-0.15, -0.1) is 0 Å². The molecule has 1 rings (SSSR count). The van der Waals surface area contributed by atoms with Gasteiger partial charge in [0.2, 0.25) is 0 Å². The monoisotopic (exact) mass is 281 g/mol. The SMILES string of the molecule is COc1ccc(N(CC(=O)O)CC(=O)OC(C)C)cc1. The Morgan fingerprint density at radius 3 is 2.25 bits per heavy atom. The van der Waals surface area contributed by atoms with Crippen LogP contribution in [0.15, 0.2) is 24.3 Å². The van der Waals surface area contributed by atoms with Crippen LogP contribution < -0.4 is 9.64 Å². The van der Waals surface area contributed by atoms with Crippen molar-refractivity contribution in [2.24, 2.45) is 0 Å². The molecule has 0 aliphatic rings. The van der Waals surface area contributed by atoms with Crippen LogP contribution in [-0.2, 0) is 14.3 Å². The normalized spacial score (nSPS) is 10.2. The highest BCUT2D eigenvalue weighted by molar-refractivity contribution is 5.80. The van der Waals surface area contributed by atoms with E-state index in [1.807, 2.05) is 0 Å². The molecule has 20 heavy (non-hydrogen) atoms. The van der Waals surface area contributed by atoms with Crippen molar-refractivity contribution >= 4 is 17.6 Å². The minimum Gasteiger partial charge on any atom is -0.497 e.